The van der Waals surface area contributed by atoms with E-state index in [0.29, 0.717) is 5.92 Å². The first kappa shape index (κ1) is 16.0. The van der Waals surface area contributed by atoms with Gasteiger partial charge in [-0.15, -0.1) is 11.3 Å². The molecule has 0 saturated carbocycles. The minimum Gasteiger partial charge on any atom is -0.307 e. The third-order valence-corrected chi connectivity index (χ3v) is 4.17. The number of alkyl halides is 3. The van der Waals surface area contributed by atoms with Crippen LogP contribution in [-0.4, -0.2) is 12.0 Å². The molecule has 2 aromatic rings. The van der Waals surface area contributed by atoms with Gasteiger partial charge in [-0.25, -0.2) is 4.98 Å². The van der Waals surface area contributed by atoms with Gasteiger partial charge >= 0.3 is 6.18 Å². The van der Waals surface area contributed by atoms with Crippen LogP contribution >= 0.6 is 11.3 Å². The number of hydrogen-bond donors (Lipinski definition) is 1. The SMILES string of the molecule is CNC(c1ccc(C(F)(F)F)cc1)c1nc(C(C)C)cs1. The second-order valence-electron chi connectivity index (χ2n) is 5.11. The highest BCUT2D eigenvalue weighted by Gasteiger charge is 2.30. The van der Waals surface area contributed by atoms with Gasteiger partial charge in [0, 0.05) is 5.38 Å². The maximum atomic E-state index is 12.6. The number of rotatable bonds is 4. The van der Waals surface area contributed by atoms with E-state index in [1.807, 2.05) is 5.38 Å². The van der Waals surface area contributed by atoms with E-state index >= 15 is 0 Å². The second-order valence-corrected chi connectivity index (χ2v) is 6.00. The zero-order valence-corrected chi connectivity index (χ0v) is 12.8. The second kappa shape index (κ2) is 6.15. The van der Waals surface area contributed by atoms with Crippen molar-refractivity contribution in [1.29, 1.82) is 0 Å². The lowest BCUT2D eigenvalue weighted by Crippen LogP contribution is -2.18. The van der Waals surface area contributed by atoms with Gasteiger partial charge in [0.25, 0.3) is 0 Å². The summed E-state index contributed by atoms with van der Waals surface area (Å²) in [4.78, 5) is 4.56. The summed E-state index contributed by atoms with van der Waals surface area (Å²) in [6.07, 6.45) is -4.31. The predicted molar refractivity (Wildman–Crippen MR) is 78.5 cm³/mol. The average molecular weight is 314 g/mol. The summed E-state index contributed by atoms with van der Waals surface area (Å²) in [5.41, 5.74) is 1.14. The molecule has 114 valence electrons. The zero-order chi connectivity index (χ0) is 15.6. The van der Waals surface area contributed by atoms with E-state index < -0.39 is 11.7 Å². The molecular formula is C15H17F3N2S. The lowest BCUT2D eigenvalue weighted by atomic mass is 10.0. The van der Waals surface area contributed by atoms with E-state index in [4.69, 9.17) is 0 Å². The van der Waals surface area contributed by atoms with Crippen LogP contribution in [0.2, 0.25) is 0 Å². The Labute approximate surface area is 126 Å². The topological polar surface area (TPSA) is 24.9 Å². The smallest absolute Gasteiger partial charge is 0.307 e. The molecule has 1 unspecified atom stereocenters. The van der Waals surface area contributed by atoms with Gasteiger partial charge in [-0.1, -0.05) is 26.0 Å². The molecular weight excluding hydrogens is 297 g/mol. The number of thiazole rings is 1. The van der Waals surface area contributed by atoms with Crippen LogP contribution in [0.15, 0.2) is 29.6 Å². The highest BCUT2D eigenvalue weighted by atomic mass is 32.1. The number of benzene rings is 1. The number of hydrogen-bond acceptors (Lipinski definition) is 3. The minimum absolute atomic E-state index is 0.190. The van der Waals surface area contributed by atoms with E-state index in [2.05, 4.69) is 24.1 Å². The molecule has 2 rings (SSSR count). The van der Waals surface area contributed by atoms with E-state index in [-0.39, 0.29) is 6.04 Å². The zero-order valence-electron chi connectivity index (χ0n) is 12.0. The Bertz CT molecular complexity index is 588. The molecule has 1 N–H and O–H groups in total. The van der Waals surface area contributed by atoms with Gasteiger partial charge in [-0.3, -0.25) is 0 Å². The summed E-state index contributed by atoms with van der Waals surface area (Å²) < 4.78 is 37.8. The molecule has 21 heavy (non-hydrogen) atoms. The van der Waals surface area contributed by atoms with Crippen molar-refractivity contribution in [2.45, 2.75) is 32.0 Å². The van der Waals surface area contributed by atoms with Gasteiger partial charge in [-0.05, 0) is 30.7 Å². The van der Waals surface area contributed by atoms with E-state index in [9.17, 15) is 13.2 Å². The molecule has 0 fully saturated rings. The van der Waals surface area contributed by atoms with Crippen molar-refractivity contribution < 1.29 is 13.2 Å². The fraction of sp³-hybridized carbons (Fsp3) is 0.400. The summed E-state index contributed by atoms with van der Waals surface area (Å²) in [6, 6.07) is 5.03. The number of nitrogens with one attached hydrogen (secondary N) is 1. The molecule has 1 aromatic carbocycles. The number of nitrogens with zero attached hydrogens (tertiary/aromatic N) is 1. The third-order valence-electron chi connectivity index (χ3n) is 3.24. The first-order chi connectivity index (χ1) is 9.82. The van der Waals surface area contributed by atoms with Crippen LogP contribution in [0.3, 0.4) is 0 Å². The van der Waals surface area contributed by atoms with E-state index in [0.717, 1.165) is 28.4 Å². The van der Waals surface area contributed by atoms with Crippen LogP contribution in [0.4, 0.5) is 13.2 Å². The Balaban J connectivity index is 2.28. The molecule has 0 spiro atoms. The average Bonchev–Trinajstić information content (AvgIpc) is 2.89. The first-order valence-corrected chi connectivity index (χ1v) is 7.50. The number of aromatic nitrogens is 1. The molecule has 0 aliphatic heterocycles. The molecule has 6 heteroatoms. The molecule has 1 aromatic heterocycles. The summed E-state index contributed by atoms with van der Waals surface area (Å²) >= 11 is 1.52. The molecule has 1 atom stereocenters. The predicted octanol–water partition coefficient (Wildman–Crippen LogP) is 4.59. The Hall–Kier alpha value is -1.40. The van der Waals surface area contributed by atoms with Gasteiger partial charge in [0.15, 0.2) is 0 Å². The molecule has 0 amide bonds. The Kier molecular flexibility index (Phi) is 4.68. The van der Waals surface area contributed by atoms with Crippen LogP contribution in [0.1, 0.15) is 47.6 Å². The van der Waals surface area contributed by atoms with Crippen LogP contribution in [0.5, 0.6) is 0 Å². The van der Waals surface area contributed by atoms with Gasteiger partial charge in [-0.2, -0.15) is 13.2 Å². The van der Waals surface area contributed by atoms with E-state index in [1.54, 1.807) is 7.05 Å². The van der Waals surface area contributed by atoms with Crippen molar-refractivity contribution in [3.63, 3.8) is 0 Å². The first-order valence-electron chi connectivity index (χ1n) is 6.62. The summed E-state index contributed by atoms with van der Waals surface area (Å²) in [7, 11) is 1.78. The van der Waals surface area contributed by atoms with Crippen molar-refractivity contribution in [3.8, 4) is 0 Å². The molecule has 0 aliphatic rings. The van der Waals surface area contributed by atoms with E-state index in [1.165, 1.54) is 23.5 Å². The van der Waals surface area contributed by atoms with Gasteiger partial charge in [0.1, 0.15) is 5.01 Å². The Morgan fingerprint density at radius 2 is 1.76 bits per heavy atom. The molecule has 0 aliphatic carbocycles. The third kappa shape index (κ3) is 3.63. The maximum absolute atomic E-state index is 12.6. The number of halogens is 3. The standard InChI is InChI=1S/C15H17F3N2S/c1-9(2)12-8-21-14(20-12)13(19-3)10-4-6-11(7-5-10)15(16,17)18/h4-9,13,19H,1-3H3. The Morgan fingerprint density at radius 3 is 2.19 bits per heavy atom. The Morgan fingerprint density at radius 1 is 1.14 bits per heavy atom. The normalized spacial score (nSPS) is 13.7. The van der Waals surface area contributed by atoms with Crippen molar-refractivity contribution in [2.24, 2.45) is 0 Å². The summed E-state index contributed by atoms with van der Waals surface area (Å²) in [5.74, 6) is 0.333. The van der Waals surface area contributed by atoms with Crippen LogP contribution in [0, 0.1) is 0 Å². The quantitative estimate of drug-likeness (QED) is 0.892. The monoisotopic (exact) mass is 314 g/mol. The largest absolute Gasteiger partial charge is 0.416 e. The summed E-state index contributed by atoms with van der Waals surface area (Å²) in [6.45, 7) is 4.12. The van der Waals surface area contributed by atoms with Gasteiger partial charge < -0.3 is 5.32 Å². The lowest BCUT2D eigenvalue weighted by Gasteiger charge is -2.15. The maximum Gasteiger partial charge on any atom is 0.416 e. The van der Waals surface area contributed by atoms with Crippen LogP contribution in [0.25, 0.3) is 0 Å². The molecule has 0 bridgehead atoms. The van der Waals surface area contributed by atoms with Crippen molar-refractivity contribution in [2.75, 3.05) is 7.05 Å². The summed E-state index contributed by atoms with van der Waals surface area (Å²) in [5, 5.41) is 5.97. The highest BCUT2D eigenvalue weighted by Crippen LogP contribution is 2.32. The molecule has 2 nitrogen and oxygen atoms in total. The van der Waals surface area contributed by atoms with Crippen LogP contribution in [-0.2, 0) is 6.18 Å². The fourth-order valence-electron chi connectivity index (χ4n) is 2.00. The fourth-order valence-corrected chi connectivity index (χ4v) is 3.11. The van der Waals surface area contributed by atoms with Crippen molar-refractivity contribution in [3.05, 3.63) is 51.5 Å². The van der Waals surface area contributed by atoms with Gasteiger partial charge in [0.05, 0.1) is 17.3 Å². The van der Waals surface area contributed by atoms with Crippen LogP contribution < -0.4 is 5.32 Å². The lowest BCUT2D eigenvalue weighted by molar-refractivity contribution is -0.137. The molecule has 0 radical (unpaired) electrons. The van der Waals surface area contributed by atoms with Gasteiger partial charge in [0.2, 0.25) is 0 Å². The van der Waals surface area contributed by atoms with Crippen molar-refractivity contribution >= 4 is 11.3 Å². The minimum atomic E-state index is -4.31. The highest BCUT2D eigenvalue weighted by molar-refractivity contribution is 7.09. The molecule has 0 saturated heterocycles. The molecule has 1 heterocycles. The van der Waals surface area contributed by atoms with Crippen molar-refractivity contribution in [1.82, 2.24) is 10.3 Å².